The Bertz CT molecular complexity index is 540. The second kappa shape index (κ2) is 8.58. The van der Waals surface area contributed by atoms with Crippen molar-refractivity contribution in [1.82, 2.24) is 0 Å². The molecule has 0 unspecified atom stereocenters. The molecule has 0 aromatic heterocycles. The zero-order chi connectivity index (χ0) is 14.9. The molecule has 0 saturated carbocycles. The van der Waals surface area contributed by atoms with Gasteiger partial charge < -0.3 is 9.47 Å². The second-order valence-electron chi connectivity index (χ2n) is 4.83. The Hall–Kier alpha value is -1.67. The molecule has 0 amide bonds. The van der Waals surface area contributed by atoms with E-state index in [0.29, 0.717) is 6.61 Å². The first-order valence-corrected chi connectivity index (χ1v) is 7.81. The van der Waals surface area contributed by atoms with Gasteiger partial charge in [-0.2, -0.15) is 0 Å². The summed E-state index contributed by atoms with van der Waals surface area (Å²) in [6, 6.07) is 16.2. The molecule has 2 aromatic rings. The number of hydrogen-bond donors (Lipinski definition) is 0. The monoisotopic (exact) mass is 304 g/mol. The Labute approximate surface area is 131 Å². The van der Waals surface area contributed by atoms with E-state index in [0.717, 1.165) is 47.8 Å². The lowest BCUT2D eigenvalue weighted by atomic mass is 10.0. The summed E-state index contributed by atoms with van der Waals surface area (Å²) < 4.78 is 11.3. The first-order valence-electron chi connectivity index (χ1n) is 7.27. The van der Waals surface area contributed by atoms with Crippen LogP contribution in [0.2, 0.25) is 0 Å². The molecule has 0 saturated heterocycles. The van der Waals surface area contributed by atoms with Crippen LogP contribution in [0, 0.1) is 0 Å². The molecule has 0 aliphatic carbocycles. The van der Waals surface area contributed by atoms with Gasteiger partial charge >= 0.3 is 0 Å². The van der Waals surface area contributed by atoms with Crippen LogP contribution < -0.4 is 9.47 Å². The van der Waals surface area contributed by atoms with E-state index in [1.165, 1.54) is 0 Å². The molecule has 0 N–H and O–H groups in total. The maximum absolute atomic E-state index is 5.76. The van der Waals surface area contributed by atoms with Crippen molar-refractivity contribution in [1.29, 1.82) is 0 Å². The molecule has 0 bridgehead atoms. The minimum atomic E-state index is 0.713. The van der Waals surface area contributed by atoms with Gasteiger partial charge in [-0.1, -0.05) is 30.3 Å². The lowest BCUT2D eigenvalue weighted by molar-refractivity contribution is 0.304. The maximum Gasteiger partial charge on any atom is 0.130 e. The van der Waals surface area contributed by atoms with E-state index >= 15 is 0 Å². The van der Waals surface area contributed by atoms with Gasteiger partial charge in [-0.05, 0) is 37.0 Å². The highest BCUT2D eigenvalue weighted by Crippen LogP contribution is 2.33. The minimum Gasteiger partial charge on any atom is -0.496 e. The van der Waals surface area contributed by atoms with Crippen LogP contribution in [-0.4, -0.2) is 19.6 Å². The summed E-state index contributed by atoms with van der Waals surface area (Å²) in [6.45, 7) is 0.713. The van der Waals surface area contributed by atoms with Gasteiger partial charge in [0.25, 0.3) is 0 Å². The van der Waals surface area contributed by atoms with Crippen LogP contribution in [0.4, 0.5) is 0 Å². The van der Waals surface area contributed by atoms with Crippen LogP contribution in [0.5, 0.6) is 11.5 Å². The molecule has 0 atom stereocenters. The molecule has 2 aromatic carbocycles. The lowest BCUT2D eigenvalue weighted by Gasteiger charge is -2.12. The first-order chi connectivity index (χ1) is 10.3. The summed E-state index contributed by atoms with van der Waals surface area (Å²) in [5.41, 5.74) is 2.22. The molecule has 3 heteroatoms. The lowest BCUT2D eigenvalue weighted by Crippen LogP contribution is -1.98. The Balaban J connectivity index is 2.03. The van der Waals surface area contributed by atoms with Gasteiger partial charge in [0.1, 0.15) is 11.5 Å². The van der Waals surface area contributed by atoms with Crippen molar-refractivity contribution in [3.63, 3.8) is 0 Å². The summed E-state index contributed by atoms with van der Waals surface area (Å²) in [5, 5.41) is 0. The van der Waals surface area contributed by atoms with Crippen molar-refractivity contribution in [2.45, 2.75) is 19.3 Å². The molecule has 0 fully saturated rings. The summed E-state index contributed by atoms with van der Waals surface area (Å²) in [5.74, 6) is 2.40. The van der Waals surface area contributed by atoms with E-state index in [4.69, 9.17) is 21.1 Å². The smallest absolute Gasteiger partial charge is 0.130 e. The number of methoxy groups -OCH3 is 1. The number of alkyl halides is 1. The summed E-state index contributed by atoms with van der Waals surface area (Å²) >= 11 is 5.66. The van der Waals surface area contributed by atoms with Crippen LogP contribution in [0.25, 0.3) is 11.1 Å². The van der Waals surface area contributed by atoms with Crippen LogP contribution in [-0.2, 0) is 0 Å². The van der Waals surface area contributed by atoms with E-state index in [2.05, 4.69) is 12.1 Å². The molecule has 0 aliphatic heterocycles. The van der Waals surface area contributed by atoms with Crippen molar-refractivity contribution in [2.75, 3.05) is 19.6 Å². The third-order valence-corrected chi connectivity index (χ3v) is 3.57. The first kappa shape index (κ1) is 15.7. The highest BCUT2D eigenvalue weighted by Gasteiger charge is 2.07. The number of hydrogen-bond acceptors (Lipinski definition) is 2. The van der Waals surface area contributed by atoms with Crippen LogP contribution in [0.15, 0.2) is 48.5 Å². The van der Waals surface area contributed by atoms with Gasteiger partial charge in [-0.15, -0.1) is 11.6 Å². The van der Waals surface area contributed by atoms with Gasteiger partial charge in [-0.3, -0.25) is 0 Å². The standard InChI is InChI=1S/C18H21ClO2/c1-20-18-14-16(21-13-7-3-6-12-19)10-11-17(18)15-8-4-2-5-9-15/h2,4-5,8-11,14H,3,6-7,12-13H2,1H3. The molecular formula is C18H21ClO2. The highest BCUT2D eigenvalue weighted by molar-refractivity contribution is 6.17. The summed E-state index contributed by atoms with van der Waals surface area (Å²) in [6.07, 6.45) is 3.17. The van der Waals surface area contributed by atoms with Crippen molar-refractivity contribution in [3.05, 3.63) is 48.5 Å². The molecule has 2 rings (SSSR count). The molecule has 21 heavy (non-hydrogen) atoms. The van der Waals surface area contributed by atoms with Gasteiger partial charge in [0, 0.05) is 17.5 Å². The number of ether oxygens (including phenoxy) is 2. The third-order valence-electron chi connectivity index (χ3n) is 3.30. The minimum absolute atomic E-state index is 0.713. The molecule has 0 radical (unpaired) electrons. The molecule has 112 valence electrons. The van der Waals surface area contributed by atoms with Crippen molar-refractivity contribution in [3.8, 4) is 22.6 Å². The molecule has 0 aliphatic rings. The van der Waals surface area contributed by atoms with E-state index in [9.17, 15) is 0 Å². The molecular weight excluding hydrogens is 284 g/mol. The van der Waals surface area contributed by atoms with E-state index < -0.39 is 0 Å². The van der Waals surface area contributed by atoms with Gasteiger partial charge in [0.05, 0.1) is 13.7 Å². The maximum atomic E-state index is 5.76. The molecule has 2 nitrogen and oxygen atoms in total. The number of unbranched alkanes of at least 4 members (excludes halogenated alkanes) is 2. The largest absolute Gasteiger partial charge is 0.496 e. The second-order valence-corrected chi connectivity index (χ2v) is 5.20. The average molecular weight is 305 g/mol. The number of halogens is 1. The predicted molar refractivity (Wildman–Crippen MR) is 88.5 cm³/mol. The molecule has 0 spiro atoms. The van der Waals surface area contributed by atoms with E-state index in [-0.39, 0.29) is 0 Å². The average Bonchev–Trinajstić information content (AvgIpc) is 2.55. The molecule has 0 heterocycles. The number of rotatable bonds is 8. The van der Waals surface area contributed by atoms with Gasteiger partial charge in [0.2, 0.25) is 0 Å². The normalized spacial score (nSPS) is 10.4. The van der Waals surface area contributed by atoms with Crippen molar-refractivity contribution in [2.24, 2.45) is 0 Å². The number of benzene rings is 2. The fourth-order valence-corrected chi connectivity index (χ4v) is 2.37. The van der Waals surface area contributed by atoms with E-state index in [1.807, 2.05) is 36.4 Å². The predicted octanol–water partition coefficient (Wildman–Crippen LogP) is 5.15. The summed E-state index contributed by atoms with van der Waals surface area (Å²) in [7, 11) is 1.69. The quantitative estimate of drug-likeness (QED) is 0.496. The topological polar surface area (TPSA) is 18.5 Å². The van der Waals surface area contributed by atoms with Crippen LogP contribution >= 0.6 is 11.6 Å². The highest BCUT2D eigenvalue weighted by atomic mass is 35.5. The fourth-order valence-electron chi connectivity index (χ4n) is 2.18. The van der Waals surface area contributed by atoms with Crippen LogP contribution in [0.3, 0.4) is 0 Å². The zero-order valence-corrected chi connectivity index (χ0v) is 13.1. The zero-order valence-electron chi connectivity index (χ0n) is 12.3. The Morgan fingerprint density at radius 1 is 0.952 bits per heavy atom. The van der Waals surface area contributed by atoms with E-state index in [1.54, 1.807) is 7.11 Å². The Kier molecular flexibility index (Phi) is 6.42. The third kappa shape index (κ3) is 4.68. The fraction of sp³-hybridized carbons (Fsp3) is 0.333. The summed E-state index contributed by atoms with van der Waals surface area (Å²) in [4.78, 5) is 0. The Morgan fingerprint density at radius 3 is 2.48 bits per heavy atom. The van der Waals surface area contributed by atoms with Crippen molar-refractivity contribution < 1.29 is 9.47 Å². The van der Waals surface area contributed by atoms with Crippen molar-refractivity contribution >= 4 is 11.6 Å². The Morgan fingerprint density at radius 2 is 1.76 bits per heavy atom. The van der Waals surface area contributed by atoms with Gasteiger partial charge in [0.15, 0.2) is 0 Å². The van der Waals surface area contributed by atoms with Gasteiger partial charge in [-0.25, -0.2) is 0 Å². The SMILES string of the molecule is COc1cc(OCCCCCCl)ccc1-c1ccccc1. The van der Waals surface area contributed by atoms with Crippen LogP contribution in [0.1, 0.15) is 19.3 Å².